The number of carboxylic acids is 1. The molecule has 138 valence electrons. The van der Waals surface area contributed by atoms with Crippen molar-refractivity contribution in [2.45, 2.75) is 12.8 Å². The zero-order chi connectivity index (χ0) is 19.3. The van der Waals surface area contributed by atoms with Gasteiger partial charge in [0.25, 0.3) is 11.8 Å². The van der Waals surface area contributed by atoms with Crippen molar-refractivity contribution >= 4 is 23.7 Å². The summed E-state index contributed by atoms with van der Waals surface area (Å²) >= 11 is 0. The van der Waals surface area contributed by atoms with E-state index in [-0.39, 0.29) is 56.7 Å². The first-order valence-corrected chi connectivity index (χ1v) is 8.16. The van der Waals surface area contributed by atoms with Crippen LogP contribution >= 0.6 is 0 Å². The van der Waals surface area contributed by atoms with Crippen LogP contribution in [-0.2, 0) is 19.2 Å². The van der Waals surface area contributed by atoms with E-state index >= 15 is 0 Å². The lowest BCUT2D eigenvalue weighted by Gasteiger charge is -2.28. The van der Waals surface area contributed by atoms with E-state index in [9.17, 15) is 19.2 Å². The fourth-order valence-electron chi connectivity index (χ4n) is 2.66. The standard InChI is InChI=1S/C18H21N3O5/c1-13-3-5-16(23)20(13)11-9-19(15(22)7-8-18(25)26)10-12-21-14(2)4-6-17(21)24/h3-6H,1-2,7-12H2,(H,25,26). The first kappa shape index (κ1) is 19.2. The number of aliphatic carboxylic acids is 1. The maximum absolute atomic E-state index is 12.4. The van der Waals surface area contributed by atoms with Gasteiger partial charge in [-0.25, -0.2) is 0 Å². The Bertz CT molecular complexity index is 640. The second-order valence-corrected chi connectivity index (χ2v) is 5.90. The van der Waals surface area contributed by atoms with Gasteiger partial charge < -0.3 is 19.8 Å². The number of carboxylic acid groups (broad SMARTS) is 1. The van der Waals surface area contributed by atoms with E-state index in [0.717, 1.165) is 0 Å². The van der Waals surface area contributed by atoms with Gasteiger partial charge in [0, 0.05) is 56.1 Å². The molecule has 0 radical (unpaired) electrons. The van der Waals surface area contributed by atoms with E-state index in [0.29, 0.717) is 11.4 Å². The smallest absolute Gasteiger partial charge is 0.303 e. The molecule has 2 aliphatic rings. The number of hydrogen-bond acceptors (Lipinski definition) is 4. The molecule has 3 amide bonds. The molecule has 0 fully saturated rings. The number of hydrogen-bond donors (Lipinski definition) is 1. The van der Waals surface area contributed by atoms with Gasteiger partial charge in [0.2, 0.25) is 5.91 Å². The molecule has 0 atom stereocenters. The third kappa shape index (κ3) is 4.69. The van der Waals surface area contributed by atoms with Crippen LogP contribution in [0.2, 0.25) is 0 Å². The van der Waals surface area contributed by atoms with Crippen LogP contribution in [0.5, 0.6) is 0 Å². The van der Waals surface area contributed by atoms with Crippen LogP contribution in [0.4, 0.5) is 0 Å². The summed E-state index contributed by atoms with van der Waals surface area (Å²) in [6.07, 6.45) is 5.57. The Balaban J connectivity index is 1.96. The van der Waals surface area contributed by atoms with Crippen molar-refractivity contribution in [3.8, 4) is 0 Å². The first-order chi connectivity index (χ1) is 12.3. The molecule has 8 heteroatoms. The zero-order valence-corrected chi connectivity index (χ0v) is 14.4. The summed E-state index contributed by atoms with van der Waals surface area (Å²) in [4.78, 5) is 50.9. The van der Waals surface area contributed by atoms with Gasteiger partial charge in [0.15, 0.2) is 0 Å². The minimum absolute atomic E-state index is 0.143. The molecule has 0 spiro atoms. The molecule has 0 aromatic carbocycles. The monoisotopic (exact) mass is 359 g/mol. The Morgan fingerprint density at radius 1 is 0.885 bits per heavy atom. The molecular weight excluding hydrogens is 338 g/mol. The average molecular weight is 359 g/mol. The molecule has 0 aromatic heterocycles. The molecule has 2 heterocycles. The van der Waals surface area contributed by atoms with Crippen molar-refractivity contribution in [1.29, 1.82) is 0 Å². The predicted octanol–water partition coefficient (Wildman–Crippen LogP) is 0.504. The van der Waals surface area contributed by atoms with Gasteiger partial charge in [0.1, 0.15) is 0 Å². The number of carbonyl (C=O) groups is 4. The summed E-state index contributed by atoms with van der Waals surface area (Å²) in [5, 5.41) is 8.77. The van der Waals surface area contributed by atoms with Gasteiger partial charge in [0.05, 0.1) is 6.42 Å². The maximum Gasteiger partial charge on any atom is 0.303 e. The normalized spacial score (nSPS) is 16.2. The van der Waals surface area contributed by atoms with Crippen molar-refractivity contribution in [2.24, 2.45) is 0 Å². The van der Waals surface area contributed by atoms with E-state index in [1.807, 2.05) is 0 Å². The van der Waals surface area contributed by atoms with Gasteiger partial charge in [-0.15, -0.1) is 0 Å². The summed E-state index contributed by atoms with van der Waals surface area (Å²) in [7, 11) is 0. The van der Waals surface area contributed by atoms with Crippen LogP contribution in [0.15, 0.2) is 48.9 Å². The molecule has 0 bridgehead atoms. The summed E-state index contributed by atoms with van der Waals surface area (Å²) in [5.74, 6) is -1.82. The molecule has 0 aliphatic carbocycles. The van der Waals surface area contributed by atoms with Crippen molar-refractivity contribution in [3.05, 3.63) is 48.9 Å². The highest BCUT2D eigenvalue weighted by molar-refractivity contribution is 5.93. The molecule has 26 heavy (non-hydrogen) atoms. The fraction of sp³-hybridized carbons (Fsp3) is 0.333. The van der Waals surface area contributed by atoms with Crippen LogP contribution in [-0.4, -0.2) is 69.7 Å². The predicted molar refractivity (Wildman–Crippen MR) is 93.4 cm³/mol. The van der Waals surface area contributed by atoms with Crippen LogP contribution < -0.4 is 0 Å². The molecular formula is C18H21N3O5. The van der Waals surface area contributed by atoms with E-state index in [1.54, 1.807) is 12.2 Å². The first-order valence-electron chi connectivity index (χ1n) is 8.16. The third-order valence-corrected chi connectivity index (χ3v) is 4.15. The van der Waals surface area contributed by atoms with Gasteiger partial charge in [-0.2, -0.15) is 0 Å². The van der Waals surface area contributed by atoms with Gasteiger partial charge in [-0.3, -0.25) is 19.2 Å². The van der Waals surface area contributed by atoms with Crippen molar-refractivity contribution in [2.75, 3.05) is 26.2 Å². The van der Waals surface area contributed by atoms with Crippen molar-refractivity contribution in [3.63, 3.8) is 0 Å². The topological polar surface area (TPSA) is 98.2 Å². The van der Waals surface area contributed by atoms with Crippen molar-refractivity contribution < 1.29 is 24.3 Å². The summed E-state index contributed by atoms with van der Waals surface area (Å²) in [5.41, 5.74) is 1.08. The van der Waals surface area contributed by atoms with E-state index < -0.39 is 5.97 Å². The average Bonchev–Trinajstić information content (AvgIpc) is 3.08. The maximum atomic E-state index is 12.4. The Hall–Kier alpha value is -3.16. The Labute approximate surface area is 151 Å². The molecule has 2 aliphatic heterocycles. The summed E-state index contributed by atoms with van der Waals surface area (Å²) in [6, 6.07) is 0. The van der Waals surface area contributed by atoms with Gasteiger partial charge in [-0.05, 0) is 12.2 Å². The lowest BCUT2D eigenvalue weighted by molar-refractivity contribution is -0.141. The Morgan fingerprint density at radius 2 is 1.35 bits per heavy atom. The number of carbonyl (C=O) groups excluding carboxylic acids is 3. The van der Waals surface area contributed by atoms with Crippen LogP contribution in [0.1, 0.15) is 12.8 Å². The third-order valence-electron chi connectivity index (χ3n) is 4.15. The summed E-state index contributed by atoms with van der Waals surface area (Å²) in [6.45, 7) is 8.45. The van der Waals surface area contributed by atoms with Crippen LogP contribution in [0.3, 0.4) is 0 Å². The highest BCUT2D eigenvalue weighted by atomic mass is 16.4. The minimum atomic E-state index is -1.06. The van der Waals surface area contributed by atoms with Gasteiger partial charge in [-0.1, -0.05) is 13.2 Å². The Morgan fingerprint density at radius 3 is 1.69 bits per heavy atom. The van der Waals surface area contributed by atoms with Crippen LogP contribution in [0.25, 0.3) is 0 Å². The summed E-state index contributed by atoms with van der Waals surface area (Å²) < 4.78 is 0. The van der Waals surface area contributed by atoms with Crippen molar-refractivity contribution in [1.82, 2.24) is 14.7 Å². The molecule has 0 saturated heterocycles. The molecule has 0 aromatic rings. The van der Waals surface area contributed by atoms with E-state index in [1.165, 1.54) is 26.9 Å². The Kier molecular flexibility index (Phi) is 6.11. The number of nitrogens with zero attached hydrogens (tertiary/aromatic N) is 3. The molecule has 2 rings (SSSR count). The molecule has 0 saturated carbocycles. The number of allylic oxidation sites excluding steroid dienone is 2. The molecule has 8 nitrogen and oxygen atoms in total. The highest BCUT2D eigenvalue weighted by Crippen LogP contribution is 2.14. The fourth-order valence-corrected chi connectivity index (χ4v) is 2.66. The molecule has 0 unspecified atom stereocenters. The second-order valence-electron chi connectivity index (χ2n) is 5.90. The number of rotatable bonds is 9. The highest BCUT2D eigenvalue weighted by Gasteiger charge is 2.24. The van der Waals surface area contributed by atoms with Gasteiger partial charge >= 0.3 is 5.97 Å². The SMILES string of the molecule is C=C1C=CC(=O)N1CCN(CCN1C(=C)C=CC1=O)C(=O)CCC(=O)O. The van der Waals surface area contributed by atoms with Crippen LogP contribution in [0, 0.1) is 0 Å². The second kappa shape index (κ2) is 8.28. The zero-order valence-electron chi connectivity index (χ0n) is 14.4. The largest absolute Gasteiger partial charge is 0.481 e. The molecule has 1 N–H and O–H groups in total. The number of amides is 3. The lowest BCUT2D eigenvalue weighted by Crippen LogP contribution is -2.43. The quantitative estimate of drug-likeness (QED) is 0.647. The van der Waals surface area contributed by atoms with E-state index in [2.05, 4.69) is 13.2 Å². The minimum Gasteiger partial charge on any atom is -0.481 e. The van der Waals surface area contributed by atoms with E-state index in [4.69, 9.17) is 5.11 Å². The lowest BCUT2D eigenvalue weighted by atomic mass is 10.2.